The Morgan fingerprint density at radius 1 is 1.56 bits per heavy atom. The molecule has 0 aromatic heterocycles. The summed E-state index contributed by atoms with van der Waals surface area (Å²) in [6.07, 6.45) is 0. The molecule has 1 aromatic rings. The zero-order valence-corrected chi connectivity index (χ0v) is 8.99. The van der Waals surface area contributed by atoms with Crippen molar-refractivity contribution >= 4 is 6.03 Å². The summed E-state index contributed by atoms with van der Waals surface area (Å²) in [7, 11) is 0. The Bertz CT molecular complexity index is 406. The van der Waals surface area contributed by atoms with Gasteiger partial charge in [-0.25, -0.2) is 4.79 Å². The van der Waals surface area contributed by atoms with E-state index in [-0.39, 0.29) is 17.8 Å². The summed E-state index contributed by atoms with van der Waals surface area (Å²) in [5.41, 5.74) is 0.916. The van der Waals surface area contributed by atoms with Crippen molar-refractivity contribution < 1.29 is 14.6 Å². The van der Waals surface area contributed by atoms with Crippen molar-refractivity contribution in [3.8, 4) is 11.5 Å². The van der Waals surface area contributed by atoms with Crippen molar-refractivity contribution in [1.29, 1.82) is 0 Å². The van der Waals surface area contributed by atoms with Crippen molar-refractivity contribution in [2.45, 2.75) is 13.0 Å². The van der Waals surface area contributed by atoms with Crippen LogP contribution in [0.25, 0.3) is 0 Å². The van der Waals surface area contributed by atoms with Crippen LogP contribution < -0.4 is 15.4 Å². The molecule has 1 saturated heterocycles. The Kier molecular flexibility index (Phi) is 2.85. The summed E-state index contributed by atoms with van der Waals surface area (Å²) in [6, 6.07) is 4.86. The van der Waals surface area contributed by atoms with Crippen LogP contribution in [0, 0.1) is 0 Å². The fourth-order valence-corrected chi connectivity index (χ4v) is 1.67. The number of nitrogens with one attached hydrogen (secondary N) is 2. The maximum Gasteiger partial charge on any atom is 0.315 e. The first-order chi connectivity index (χ1) is 7.70. The molecule has 0 spiro atoms. The maximum absolute atomic E-state index is 11.0. The molecule has 3 N–H and O–H groups in total. The van der Waals surface area contributed by atoms with Crippen LogP contribution in [0.5, 0.6) is 11.5 Å². The minimum absolute atomic E-state index is 0.0627. The highest BCUT2D eigenvalue weighted by molar-refractivity contribution is 5.77. The fourth-order valence-electron chi connectivity index (χ4n) is 1.67. The first kappa shape index (κ1) is 10.6. The number of benzene rings is 1. The van der Waals surface area contributed by atoms with Crippen LogP contribution in [0.15, 0.2) is 18.2 Å². The van der Waals surface area contributed by atoms with E-state index in [2.05, 4.69) is 10.6 Å². The van der Waals surface area contributed by atoms with Crippen LogP contribution in [0.3, 0.4) is 0 Å². The van der Waals surface area contributed by atoms with Crippen LogP contribution >= 0.6 is 0 Å². The smallest absolute Gasteiger partial charge is 0.315 e. The van der Waals surface area contributed by atoms with E-state index in [1.165, 1.54) is 0 Å². The second-order valence-electron chi connectivity index (χ2n) is 3.57. The van der Waals surface area contributed by atoms with E-state index in [9.17, 15) is 9.90 Å². The summed E-state index contributed by atoms with van der Waals surface area (Å²) in [6.45, 7) is 2.90. The number of carbonyl (C=O) groups excluding carboxylic acids is 1. The number of carbonyl (C=O) groups is 1. The minimum atomic E-state index is -0.170. The van der Waals surface area contributed by atoms with E-state index in [1.807, 2.05) is 6.92 Å². The van der Waals surface area contributed by atoms with Gasteiger partial charge in [0.1, 0.15) is 0 Å². The Labute approximate surface area is 93.4 Å². The number of aromatic hydroxyl groups is 1. The molecule has 1 aliphatic rings. The van der Waals surface area contributed by atoms with Crippen LogP contribution in [-0.2, 0) is 0 Å². The maximum atomic E-state index is 11.0. The van der Waals surface area contributed by atoms with Gasteiger partial charge in [-0.05, 0) is 24.6 Å². The molecule has 0 saturated carbocycles. The number of urea groups is 1. The molecular formula is C11H14N2O3. The minimum Gasteiger partial charge on any atom is -0.504 e. The molecule has 2 amide bonds. The molecule has 16 heavy (non-hydrogen) atoms. The van der Waals surface area contributed by atoms with Gasteiger partial charge < -0.3 is 20.5 Å². The Hall–Kier alpha value is -1.91. The predicted molar refractivity (Wildman–Crippen MR) is 58.6 cm³/mol. The van der Waals surface area contributed by atoms with Gasteiger partial charge in [-0.2, -0.15) is 0 Å². The number of rotatable bonds is 3. The molecule has 0 unspecified atom stereocenters. The molecule has 5 heteroatoms. The predicted octanol–water partition coefficient (Wildman–Crippen LogP) is 1.14. The zero-order chi connectivity index (χ0) is 11.5. The van der Waals surface area contributed by atoms with Gasteiger partial charge in [0.25, 0.3) is 0 Å². The summed E-state index contributed by atoms with van der Waals surface area (Å²) in [4.78, 5) is 11.0. The molecule has 5 nitrogen and oxygen atoms in total. The highest BCUT2D eigenvalue weighted by Crippen LogP contribution is 2.29. The third-order valence-electron chi connectivity index (χ3n) is 2.46. The molecule has 1 fully saturated rings. The van der Waals surface area contributed by atoms with Crippen LogP contribution in [0.4, 0.5) is 4.79 Å². The Morgan fingerprint density at radius 2 is 2.38 bits per heavy atom. The van der Waals surface area contributed by atoms with Gasteiger partial charge in [0, 0.05) is 6.54 Å². The highest BCUT2D eigenvalue weighted by atomic mass is 16.5. The van der Waals surface area contributed by atoms with Gasteiger partial charge in [0.15, 0.2) is 11.5 Å². The molecule has 0 aliphatic carbocycles. The molecule has 1 heterocycles. The topological polar surface area (TPSA) is 70.6 Å². The van der Waals surface area contributed by atoms with Gasteiger partial charge in [-0.1, -0.05) is 6.07 Å². The number of amides is 2. The quantitative estimate of drug-likeness (QED) is 0.718. The van der Waals surface area contributed by atoms with Crippen molar-refractivity contribution in [3.63, 3.8) is 0 Å². The van der Waals surface area contributed by atoms with E-state index >= 15 is 0 Å². The number of hydrogen-bond acceptors (Lipinski definition) is 3. The van der Waals surface area contributed by atoms with Crippen molar-refractivity contribution in [2.24, 2.45) is 0 Å². The van der Waals surface area contributed by atoms with Gasteiger partial charge >= 0.3 is 6.03 Å². The SMILES string of the molecule is CCOc1cc([C@H]2CNC(=O)N2)ccc1O. The molecule has 1 aromatic carbocycles. The lowest BCUT2D eigenvalue weighted by molar-refractivity contribution is 0.247. The molecule has 86 valence electrons. The standard InChI is InChI=1S/C11H14N2O3/c1-2-16-10-5-7(3-4-9(10)14)8-6-12-11(15)13-8/h3-5,8,14H,2,6H2,1H3,(H2,12,13,15)/t8-/m1/s1. The third-order valence-corrected chi connectivity index (χ3v) is 2.46. The number of hydrogen-bond donors (Lipinski definition) is 3. The lowest BCUT2D eigenvalue weighted by atomic mass is 10.1. The van der Waals surface area contributed by atoms with Gasteiger partial charge in [0.2, 0.25) is 0 Å². The van der Waals surface area contributed by atoms with Crippen molar-refractivity contribution in [3.05, 3.63) is 23.8 Å². The fraction of sp³-hybridized carbons (Fsp3) is 0.364. The second-order valence-corrected chi connectivity index (χ2v) is 3.57. The lowest BCUT2D eigenvalue weighted by Gasteiger charge is -2.12. The van der Waals surface area contributed by atoms with Crippen LogP contribution in [-0.4, -0.2) is 24.3 Å². The number of ether oxygens (including phenoxy) is 1. The number of phenols is 1. The largest absolute Gasteiger partial charge is 0.504 e. The highest BCUT2D eigenvalue weighted by Gasteiger charge is 2.22. The van der Waals surface area contributed by atoms with E-state index in [0.717, 1.165) is 5.56 Å². The van der Waals surface area contributed by atoms with Gasteiger partial charge in [-0.3, -0.25) is 0 Å². The Morgan fingerprint density at radius 3 is 3.00 bits per heavy atom. The Balaban J connectivity index is 2.21. The molecule has 0 bridgehead atoms. The summed E-state index contributed by atoms with van der Waals surface area (Å²) in [5.74, 6) is 0.559. The van der Waals surface area contributed by atoms with E-state index in [1.54, 1.807) is 18.2 Å². The normalized spacial score (nSPS) is 19.1. The lowest BCUT2D eigenvalue weighted by Crippen LogP contribution is -2.21. The molecule has 1 atom stereocenters. The summed E-state index contributed by atoms with van der Waals surface area (Å²) in [5, 5.41) is 15.0. The zero-order valence-electron chi connectivity index (χ0n) is 8.99. The summed E-state index contributed by atoms with van der Waals surface area (Å²) >= 11 is 0. The average molecular weight is 222 g/mol. The first-order valence-electron chi connectivity index (χ1n) is 5.20. The van der Waals surface area contributed by atoms with Gasteiger partial charge in [0.05, 0.1) is 12.6 Å². The molecule has 1 aliphatic heterocycles. The molecule has 2 rings (SSSR count). The average Bonchev–Trinajstić information content (AvgIpc) is 2.69. The first-order valence-corrected chi connectivity index (χ1v) is 5.20. The molecular weight excluding hydrogens is 208 g/mol. The van der Waals surface area contributed by atoms with E-state index < -0.39 is 0 Å². The number of phenolic OH excluding ortho intramolecular Hbond substituents is 1. The summed E-state index contributed by atoms with van der Waals surface area (Å²) < 4.78 is 5.28. The van der Waals surface area contributed by atoms with Crippen molar-refractivity contribution in [2.75, 3.05) is 13.2 Å². The van der Waals surface area contributed by atoms with E-state index in [0.29, 0.717) is 18.9 Å². The van der Waals surface area contributed by atoms with E-state index in [4.69, 9.17) is 4.74 Å². The molecule has 0 radical (unpaired) electrons. The van der Waals surface area contributed by atoms with Crippen LogP contribution in [0.2, 0.25) is 0 Å². The van der Waals surface area contributed by atoms with Crippen LogP contribution in [0.1, 0.15) is 18.5 Å². The second kappa shape index (κ2) is 4.30. The monoisotopic (exact) mass is 222 g/mol. The van der Waals surface area contributed by atoms with Crippen molar-refractivity contribution in [1.82, 2.24) is 10.6 Å². The van der Waals surface area contributed by atoms with Gasteiger partial charge in [-0.15, -0.1) is 0 Å². The third kappa shape index (κ3) is 2.03.